The fraction of sp³-hybridized carbons (Fsp3) is 0.500. The maximum atomic E-state index is 13.3. The van der Waals surface area contributed by atoms with Gasteiger partial charge in [-0.05, 0) is 24.5 Å². The van der Waals surface area contributed by atoms with Crippen LogP contribution in [0.3, 0.4) is 0 Å². The van der Waals surface area contributed by atoms with E-state index < -0.39 is 23.8 Å². The Morgan fingerprint density at radius 3 is 2.19 bits per heavy atom. The predicted octanol–water partition coefficient (Wildman–Crippen LogP) is 2.37. The lowest BCUT2D eigenvalue weighted by atomic mass is 9.95. The van der Waals surface area contributed by atoms with Crippen LogP contribution in [-0.4, -0.2) is 11.1 Å². The summed E-state index contributed by atoms with van der Waals surface area (Å²) in [7, 11) is 0. The van der Waals surface area contributed by atoms with E-state index in [1.54, 1.807) is 0 Å². The maximum absolute atomic E-state index is 13.3. The standard InChI is InChI=1S/C12H17F2NO/c1-7(2)6-10(15)12(16)11-8(13)4-3-5-9(11)14/h3-5,7,10,12,16H,6,15H2,1-2H3. The highest BCUT2D eigenvalue weighted by molar-refractivity contribution is 5.23. The van der Waals surface area contributed by atoms with Crippen molar-refractivity contribution in [3.8, 4) is 0 Å². The molecule has 2 unspecified atom stereocenters. The second-order valence-electron chi connectivity index (χ2n) is 4.37. The Balaban J connectivity index is 2.91. The average molecular weight is 229 g/mol. The van der Waals surface area contributed by atoms with Crippen LogP contribution < -0.4 is 5.73 Å². The maximum Gasteiger partial charge on any atom is 0.132 e. The van der Waals surface area contributed by atoms with Gasteiger partial charge in [0.1, 0.15) is 11.6 Å². The molecule has 0 saturated heterocycles. The number of aliphatic hydroxyl groups is 1. The van der Waals surface area contributed by atoms with Crippen LogP contribution in [0.1, 0.15) is 31.9 Å². The van der Waals surface area contributed by atoms with Gasteiger partial charge in [0.15, 0.2) is 0 Å². The van der Waals surface area contributed by atoms with Gasteiger partial charge in [0.25, 0.3) is 0 Å². The second kappa shape index (κ2) is 5.37. The summed E-state index contributed by atoms with van der Waals surface area (Å²) in [5.74, 6) is -1.25. The van der Waals surface area contributed by atoms with Crippen LogP contribution >= 0.6 is 0 Å². The molecule has 2 nitrogen and oxygen atoms in total. The molecule has 1 aromatic rings. The summed E-state index contributed by atoms with van der Waals surface area (Å²) in [5.41, 5.74) is 5.37. The molecule has 0 aromatic heterocycles. The first-order chi connectivity index (χ1) is 7.43. The Hall–Kier alpha value is -1.00. The largest absolute Gasteiger partial charge is 0.387 e. The summed E-state index contributed by atoms with van der Waals surface area (Å²) in [4.78, 5) is 0. The van der Waals surface area contributed by atoms with Gasteiger partial charge < -0.3 is 10.8 Å². The SMILES string of the molecule is CC(C)CC(N)C(O)c1c(F)cccc1F. The van der Waals surface area contributed by atoms with E-state index in [9.17, 15) is 13.9 Å². The van der Waals surface area contributed by atoms with Gasteiger partial charge in [-0.2, -0.15) is 0 Å². The summed E-state index contributed by atoms with van der Waals surface area (Å²) in [6.07, 6.45) is -0.793. The molecule has 0 amide bonds. The molecule has 2 atom stereocenters. The molecular formula is C12H17F2NO. The number of rotatable bonds is 4. The van der Waals surface area contributed by atoms with E-state index in [1.807, 2.05) is 13.8 Å². The summed E-state index contributed by atoms with van der Waals surface area (Å²) in [6, 6.07) is 2.83. The first kappa shape index (κ1) is 13.1. The lowest BCUT2D eigenvalue weighted by molar-refractivity contribution is 0.127. The van der Waals surface area contributed by atoms with E-state index >= 15 is 0 Å². The molecule has 0 saturated carbocycles. The summed E-state index contributed by atoms with van der Waals surface area (Å²) in [5, 5.41) is 9.79. The Kier molecular flexibility index (Phi) is 4.38. The number of halogens is 2. The van der Waals surface area contributed by atoms with Gasteiger partial charge in [-0.15, -0.1) is 0 Å². The van der Waals surface area contributed by atoms with E-state index in [2.05, 4.69) is 0 Å². The molecular weight excluding hydrogens is 212 g/mol. The predicted molar refractivity (Wildman–Crippen MR) is 58.7 cm³/mol. The summed E-state index contributed by atoms with van der Waals surface area (Å²) < 4.78 is 26.7. The molecule has 0 radical (unpaired) electrons. The number of nitrogens with two attached hydrogens (primary N) is 1. The van der Waals surface area contributed by atoms with E-state index in [1.165, 1.54) is 6.07 Å². The van der Waals surface area contributed by atoms with Crippen molar-refractivity contribution < 1.29 is 13.9 Å². The molecule has 0 aliphatic carbocycles. The van der Waals surface area contributed by atoms with E-state index in [-0.39, 0.29) is 11.5 Å². The van der Waals surface area contributed by atoms with Gasteiger partial charge in [0.05, 0.1) is 11.7 Å². The Morgan fingerprint density at radius 1 is 1.25 bits per heavy atom. The summed E-state index contributed by atoms with van der Waals surface area (Å²) in [6.45, 7) is 3.87. The monoisotopic (exact) mass is 229 g/mol. The Morgan fingerprint density at radius 2 is 1.75 bits per heavy atom. The zero-order valence-electron chi connectivity index (χ0n) is 9.45. The van der Waals surface area contributed by atoms with Gasteiger partial charge in [0, 0.05) is 6.04 Å². The molecule has 0 aliphatic heterocycles. The van der Waals surface area contributed by atoms with Crippen molar-refractivity contribution in [3.63, 3.8) is 0 Å². The second-order valence-corrected chi connectivity index (χ2v) is 4.37. The van der Waals surface area contributed by atoms with Crippen molar-refractivity contribution in [2.75, 3.05) is 0 Å². The molecule has 90 valence electrons. The Labute approximate surface area is 94.1 Å². The van der Waals surface area contributed by atoms with E-state index in [4.69, 9.17) is 5.73 Å². The molecule has 3 N–H and O–H groups in total. The molecule has 1 rings (SSSR count). The lowest BCUT2D eigenvalue weighted by Gasteiger charge is -2.21. The number of hydrogen-bond acceptors (Lipinski definition) is 2. The zero-order valence-corrected chi connectivity index (χ0v) is 9.45. The summed E-state index contributed by atoms with van der Waals surface area (Å²) >= 11 is 0. The number of benzene rings is 1. The van der Waals surface area contributed by atoms with Gasteiger partial charge in [-0.25, -0.2) is 8.78 Å². The van der Waals surface area contributed by atoms with Crippen molar-refractivity contribution in [2.24, 2.45) is 11.7 Å². The number of hydrogen-bond donors (Lipinski definition) is 2. The van der Waals surface area contributed by atoms with Crippen LogP contribution in [-0.2, 0) is 0 Å². The van der Waals surface area contributed by atoms with E-state index in [0.717, 1.165) is 12.1 Å². The lowest BCUT2D eigenvalue weighted by Crippen LogP contribution is -2.31. The molecule has 4 heteroatoms. The van der Waals surface area contributed by atoms with Crippen molar-refractivity contribution in [1.82, 2.24) is 0 Å². The first-order valence-corrected chi connectivity index (χ1v) is 5.31. The van der Waals surface area contributed by atoms with Gasteiger partial charge in [-0.1, -0.05) is 19.9 Å². The smallest absolute Gasteiger partial charge is 0.132 e. The third kappa shape index (κ3) is 3.00. The molecule has 0 spiro atoms. The quantitative estimate of drug-likeness (QED) is 0.832. The number of aliphatic hydroxyl groups excluding tert-OH is 1. The fourth-order valence-electron chi connectivity index (χ4n) is 1.68. The minimum absolute atomic E-state index is 0.263. The zero-order chi connectivity index (χ0) is 12.3. The van der Waals surface area contributed by atoms with Crippen molar-refractivity contribution in [1.29, 1.82) is 0 Å². The first-order valence-electron chi connectivity index (χ1n) is 5.31. The van der Waals surface area contributed by atoms with Crippen molar-refractivity contribution in [3.05, 3.63) is 35.4 Å². The highest BCUT2D eigenvalue weighted by atomic mass is 19.1. The van der Waals surface area contributed by atoms with E-state index in [0.29, 0.717) is 6.42 Å². The van der Waals surface area contributed by atoms with Crippen LogP contribution in [0.4, 0.5) is 8.78 Å². The highest BCUT2D eigenvalue weighted by Crippen LogP contribution is 2.25. The molecule has 0 heterocycles. The fourth-order valence-corrected chi connectivity index (χ4v) is 1.68. The molecule has 16 heavy (non-hydrogen) atoms. The molecule has 0 bridgehead atoms. The minimum Gasteiger partial charge on any atom is -0.387 e. The van der Waals surface area contributed by atoms with Gasteiger partial charge in [-0.3, -0.25) is 0 Å². The molecule has 0 aliphatic rings. The van der Waals surface area contributed by atoms with Crippen molar-refractivity contribution >= 4 is 0 Å². The normalized spacial score (nSPS) is 15.2. The van der Waals surface area contributed by atoms with Crippen molar-refractivity contribution in [2.45, 2.75) is 32.4 Å². The highest BCUT2D eigenvalue weighted by Gasteiger charge is 2.24. The Bertz CT molecular complexity index is 335. The van der Waals surface area contributed by atoms with Gasteiger partial charge in [0.2, 0.25) is 0 Å². The van der Waals surface area contributed by atoms with Gasteiger partial charge >= 0.3 is 0 Å². The van der Waals surface area contributed by atoms with Crippen LogP contribution in [0.25, 0.3) is 0 Å². The topological polar surface area (TPSA) is 46.2 Å². The van der Waals surface area contributed by atoms with Crippen LogP contribution in [0.15, 0.2) is 18.2 Å². The van der Waals surface area contributed by atoms with Crippen LogP contribution in [0, 0.1) is 17.6 Å². The molecule has 1 aromatic carbocycles. The third-order valence-electron chi connectivity index (χ3n) is 2.44. The molecule has 0 fully saturated rings. The minimum atomic E-state index is -1.30. The van der Waals surface area contributed by atoms with Crippen LogP contribution in [0.5, 0.6) is 0 Å². The third-order valence-corrected chi connectivity index (χ3v) is 2.44. The average Bonchev–Trinajstić information content (AvgIpc) is 2.16. The van der Waals surface area contributed by atoms with Crippen LogP contribution in [0.2, 0.25) is 0 Å².